The lowest BCUT2D eigenvalue weighted by Gasteiger charge is -2.64. The number of carbonyl (C=O) groups excluding carboxylic acids is 2. The fourth-order valence-electron chi connectivity index (χ4n) is 13.6. The normalized spacial score (nSPS) is 50.5. The van der Waals surface area contributed by atoms with Gasteiger partial charge < -0.3 is 29.1 Å². The molecule has 260 valence electrons. The van der Waals surface area contributed by atoms with Crippen molar-refractivity contribution >= 4 is 11.8 Å². The highest BCUT2D eigenvalue weighted by Crippen LogP contribution is 2.89. The second-order valence-electron chi connectivity index (χ2n) is 18.4. The Labute approximate surface area is 277 Å². The molecule has 5 saturated carbocycles. The van der Waals surface area contributed by atoms with E-state index >= 15 is 0 Å². The molecule has 2 saturated heterocycles. The van der Waals surface area contributed by atoms with Crippen molar-refractivity contribution in [1.29, 1.82) is 0 Å². The molecule has 13 atom stereocenters. The van der Waals surface area contributed by atoms with Gasteiger partial charge in [-0.1, -0.05) is 48.5 Å². The molecule has 7 fully saturated rings. The number of carbonyl (C=O) groups is 2. The second-order valence-corrected chi connectivity index (χ2v) is 18.4. The van der Waals surface area contributed by atoms with Gasteiger partial charge in [-0.2, -0.15) is 0 Å². The van der Waals surface area contributed by atoms with Gasteiger partial charge in [0.15, 0.2) is 6.29 Å². The number of hydrogen-bond donors (Lipinski definition) is 1. The lowest BCUT2D eigenvalue weighted by molar-refractivity contribution is -0.248. The predicted octanol–water partition coefficient (Wildman–Crippen LogP) is 5.50. The molecule has 0 aromatic heterocycles. The number of amides is 2. The Bertz CT molecular complexity index is 1240. The molecular formula is C38H62N2O6. The molecule has 2 amide bonds. The van der Waals surface area contributed by atoms with Crippen molar-refractivity contribution in [2.45, 2.75) is 137 Å². The van der Waals surface area contributed by atoms with E-state index in [1.807, 2.05) is 25.8 Å². The average molecular weight is 643 g/mol. The van der Waals surface area contributed by atoms with Gasteiger partial charge in [-0.05, 0) is 96.7 Å². The molecular weight excluding hydrogens is 580 g/mol. The Morgan fingerprint density at radius 3 is 2.43 bits per heavy atom. The lowest BCUT2D eigenvalue weighted by Crippen LogP contribution is -2.60. The van der Waals surface area contributed by atoms with Crippen LogP contribution in [0.3, 0.4) is 0 Å². The second kappa shape index (κ2) is 10.9. The number of rotatable bonds is 5. The zero-order chi connectivity index (χ0) is 33.2. The summed E-state index contributed by atoms with van der Waals surface area (Å²) in [6, 6.07) is 0. The van der Waals surface area contributed by atoms with E-state index in [2.05, 4.69) is 34.6 Å². The molecule has 0 aromatic rings. The van der Waals surface area contributed by atoms with E-state index in [0.29, 0.717) is 60.7 Å². The van der Waals surface area contributed by atoms with Crippen molar-refractivity contribution in [3.8, 4) is 0 Å². The SMILES string of the molecule is CC(=O)N(C)C[C@H]1C[C@@H](C)C2[C@H](O1)[C@H](O)[C@@]1(C)[C@@H]3CC[C@H]4C(C)(C)[C@@H](O[C@H]5CN(C(=O)C(C)C)CCO5)CC[C@@]45C[C@@]35CC[C@]21C. The van der Waals surface area contributed by atoms with Crippen LogP contribution in [0.15, 0.2) is 0 Å². The maximum Gasteiger partial charge on any atom is 0.225 e. The summed E-state index contributed by atoms with van der Waals surface area (Å²) in [5.41, 5.74) is 0.472. The van der Waals surface area contributed by atoms with E-state index in [9.17, 15) is 14.7 Å². The van der Waals surface area contributed by atoms with Crippen LogP contribution in [0.2, 0.25) is 0 Å². The summed E-state index contributed by atoms with van der Waals surface area (Å²) < 4.78 is 19.7. The third-order valence-corrected chi connectivity index (χ3v) is 16.0. The minimum absolute atomic E-state index is 0.0118. The van der Waals surface area contributed by atoms with Gasteiger partial charge in [0.25, 0.3) is 0 Å². The summed E-state index contributed by atoms with van der Waals surface area (Å²) in [6.07, 6.45) is 8.30. The monoisotopic (exact) mass is 642 g/mol. The summed E-state index contributed by atoms with van der Waals surface area (Å²) in [5.74, 6) is 2.10. The Kier molecular flexibility index (Phi) is 7.88. The summed E-state index contributed by atoms with van der Waals surface area (Å²) in [7, 11) is 1.86. The quantitative estimate of drug-likeness (QED) is 0.426. The molecule has 5 aliphatic carbocycles. The van der Waals surface area contributed by atoms with Gasteiger partial charge in [0.1, 0.15) is 0 Å². The van der Waals surface area contributed by atoms with Crippen LogP contribution in [0.4, 0.5) is 0 Å². The number of likely N-dealkylation sites (N-methyl/N-ethyl adjacent to an activating group) is 1. The molecule has 2 spiro atoms. The molecule has 2 heterocycles. The van der Waals surface area contributed by atoms with E-state index in [4.69, 9.17) is 14.2 Å². The van der Waals surface area contributed by atoms with Crippen LogP contribution in [-0.2, 0) is 23.8 Å². The number of morpholine rings is 1. The van der Waals surface area contributed by atoms with Crippen LogP contribution in [0.5, 0.6) is 0 Å². The van der Waals surface area contributed by atoms with Gasteiger partial charge in [-0.3, -0.25) is 9.59 Å². The molecule has 0 radical (unpaired) electrons. The zero-order valence-corrected chi connectivity index (χ0v) is 30.1. The van der Waals surface area contributed by atoms with Crippen molar-refractivity contribution in [2.75, 3.05) is 33.3 Å². The third kappa shape index (κ3) is 4.37. The van der Waals surface area contributed by atoms with E-state index in [1.165, 1.54) is 25.7 Å². The van der Waals surface area contributed by atoms with E-state index in [1.54, 1.807) is 11.8 Å². The highest BCUT2D eigenvalue weighted by molar-refractivity contribution is 5.78. The first-order valence-electron chi connectivity index (χ1n) is 18.6. The molecule has 7 aliphatic rings. The lowest BCUT2D eigenvalue weighted by atomic mass is 9.41. The summed E-state index contributed by atoms with van der Waals surface area (Å²) in [4.78, 5) is 28.5. The number of nitrogens with zero attached hydrogens (tertiary/aromatic N) is 2. The Balaban J connectivity index is 1.10. The van der Waals surface area contributed by atoms with E-state index in [0.717, 1.165) is 25.7 Å². The van der Waals surface area contributed by atoms with E-state index < -0.39 is 6.10 Å². The molecule has 7 rings (SSSR count). The predicted molar refractivity (Wildman–Crippen MR) is 175 cm³/mol. The van der Waals surface area contributed by atoms with Crippen LogP contribution in [0.1, 0.15) is 107 Å². The summed E-state index contributed by atoms with van der Waals surface area (Å²) in [5, 5.41) is 12.4. The topological polar surface area (TPSA) is 88.5 Å². The molecule has 0 aromatic carbocycles. The Morgan fingerprint density at radius 2 is 1.74 bits per heavy atom. The first-order valence-corrected chi connectivity index (χ1v) is 18.6. The number of hydrogen-bond acceptors (Lipinski definition) is 6. The van der Waals surface area contributed by atoms with Crippen LogP contribution >= 0.6 is 0 Å². The van der Waals surface area contributed by atoms with Crippen LogP contribution in [-0.4, -0.2) is 90.7 Å². The zero-order valence-electron chi connectivity index (χ0n) is 30.1. The van der Waals surface area contributed by atoms with Gasteiger partial charge in [-0.15, -0.1) is 0 Å². The fourth-order valence-corrected chi connectivity index (χ4v) is 13.6. The molecule has 1 N–H and O–H groups in total. The number of ether oxygens (including phenoxy) is 3. The molecule has 8 heteroatoms. The number of aliphatic hydroxyl groups excluding tert-OH is 1. The van der Waals surface area contributed by atoms with Crippen LogP contribution in [0, 0.1) is 56.7 Å². The first-order chi connectivity index (χ1) is 21.5. The van der Waals surface area contributed by atoms with Gasteiger partial charge in [0.2, 0.25) is 11.8 Å². The Hall–Kier alpha value is -1.22. The van der Waals surface area contributed by atoms with Crippen LogP contribution < -0.4 is 0 Å². The van der Waals surface area contributed by atoms with Crippen LogP contribution in [0.25, 0.3) is 0 Å². The van der Waals surface area contributed by atoms with Crippen molar-refractivity contribution < 1.29 is 28.9 Å². The smallest absolute Gasteiger partial charge is 0.225 e. The maximum absolute atomic E-state index is 12.7. The third-order valence-electron chi connectivity index (χ3n) is 16.0. The number of fused-ring (bicyclic) bond motifs is 4. The van der Waals surface area contributed by atoms with Gasteiger partial charge in [0.05, 0.1) is 37.6 Å². The molecule has 1 unspecified atom stereocenters. The standard InChI is InChI=1S/C38H62N2O6/c1-22(2)33(43)40-16-17-44-29(20-40)46-28-12-13-37-21-38(37)15-14-35(7)30-23(3)18-25(19-39(9)24(4)41)45-31(30)32(42)36(35,8)27(38)11-10-26(37)34(28,5)6/h22-23,25-32,42H,10-21H2,1-9H3/t23-,25-,26+,27+,28+,29+,30?,31+,32+,35-,36-,37-,38+/m1/s1. The highest BCUT2D eigenvalue weighted by Gasteiger charge is 2.84. The molecule has 0 bridgehead atoms. The molecule has 8 nitrogen and oxygen atoms in total. The summed E-state index contributed by atoms with van der Waals surface area (Å²) >= 11 is 0. The van der Waals surface area contributed by atoms with Crippen molar-refractivity contribution in [3.05, 3.63) is 0 Å². The largest absolute Gasteiger partial charge is 0.390 e. The highest BCUT2D eigenvalue weighted by atomic mass is 16.7. The Morgan fingerprint density at radius 1 is 1.04 bits per heavy atom. The maximum atomic E-state index is 12.7. The van der Waals surface area contributed by atoms with Crippen molar-refractivity contribution in [2.24, 2.45) is 56.7 Å². The average Bonchev–Trinajstić information content (AvgIpc) is 3.63. The van der Waals surface area contributed by atoms with Crippen molar-refractivity contribution in [3.63, 3.8) is 0 Å². The van der Waals surface area contributed by atoms with Gasteiger partial charge >= 0.3 is 0 Å². The fraction of sp³-hybridized carbons (Fsp3) is 0.947. The van der Waals surface area contributed by atoms with Gasteiger partial charge in [-0.25, -0.2) is 0 Å². The van der Waals surface area contributed by atoms with E-state index in [-0.39, 0.29) is 58.6 Å². The minimum atomic E-state index is -0.487. The van der Waals surface area contributed by atoms with Crippen molar-refractivity contribution in [1.82, 2.24) is 9.80 Å². The molecule has 2 aliphatic heterocycles. The number of aliphatic hydroxyl groups is 1. The molecule has 46 heavy (non-hydrogen) atoms. The minimum Gasteiger partial charge on any atom is -0.390 e. The first kappa shape index (κ1) is 33.3. The summed E-state index contributed by atoms with van der Waals surface area (Å²) in [6.45, 7) is 20.1. The van der Waals surface area contributed by atoms with Gasteiger partial charge in [0, 0.05) is 38.4 Å².